The van der Waals surface area contributed by atoms with Crippen LogP contribution in [0.1, 0.15) is 0 Å². The lowest BCUT2D eigenvalue weighted by molar-refractivity contribution is 1.08. The van der Waals surface area contributed by atoms with Gasteiger partial charge in [-0.1, -0.05) is 164 Å². The molecule has 0 amide bonds. The predicted octanol–water partition coefficient (Wildman–Crippen LogP) is 12.9. The lowest BCUT2D eigenvalue weighted by atomic mass is 9.89. The molecule has 3 heteroatoms. The molecule has 0 bridgehead atoms. The fraction of sp³-hybridized carbons (Fsp3) is 0. The number of rotatable bonds is 3. The summed E-state index contributed by atoms with van der Waals surface area (Å²) in [6.07, 6.45) is 0. The zero-order valence-corrected chi connectivity index (χ0v) is 28.1. The fourth-order valence-corrected chi connectivity index (χ4v) is 8.34. The molecule has 11 rings (SSSR count). The Labute approximate surface area is 299 Å². The van der Waals surface area contributed by atoms with Gasteiger partial charge in [-0.15, -0.1) is 0 Å². The molecule has 1 aromatic heterocycles. The first-order valence-electron chi connectivity index (χ1n) is 17.7. The molecule has 0 aliphatic heterocycles. The summed E-state index contributed by atoms with van der Waals surface area (Å²) in [6.45, 7) is 0. The van der Waals surface area contributed by atoms with Crippen LogP contribution in [0.25, 0.3) is 110 Å². The van der Waals surface area contributed by atoms with Crippen LogP contribution in [-0.4, -0.2) is 15.0 Å². The van der Waals surface area contributed by atoms with E-state index in [0.29, 0.717) is 17.5 Å². The highest BCUT2D eigenvalue weighted by molar-refractivity contribution is 6.33. The highest BCUT2D eigenvalue weighted by atomic mass is 15.0. The number of fused-ring (bicyclic) bond motifs is 14. The van der Waals surface area contributed by atoms with Crippen molar-refractivity contribution in [2.45, 2.75) is 0 Å². The molecule has 1 heterocycles. The summed E-state index contributed by atoms with van der Waals surface area (Å²) in [5, 5.41) is 17.1. The summed E-state index contributed by atoms with van der Waals surface area (Å²) < 4.78 is 0. The van der Waals surface area contributed by atoms with E-state index in [2.05, 4.69) is 158 Å². The highest BCUT2D eigenvalue weighted by Crippen LogP contribution is 2.43. The van der Waals surface area contributed by atoms with Crippen LogP contribution in [0.15, 0.2) is 176 Å². The summed E-state index contributed by atoms with van der Waals surface area (Å²) in [5.74, 6) is 1.95. The predicted molar refractivity (Wildman–Crippen MR) is 219 cm³/mol. The van der Waals surface area contributed by atoms with Crippen LogP contribution in [0.3, 0.4) is 0 Å². The number of hydrogen-bond acceptors (Lipinski definition) is 3. The Morgan fingerprint density at radius 2 is 0.615 bits per heavy atom. The standard InChI is InChI=1S/C49H29N3/c1-2-14-30(15-3-1)47-50-48(31-26-27-40-34-18-5-4-16-32(34)33-17-6-8-21-37(33)43(40)28-31)52-49(51-47)45-29-44-38-22-9-7-19-35(38)36-20-10-12-24-41(36)46(44)42-25-13-11-23-39(42)45/h1-29H. The van der Waals surface area contributed by atoms with Gasteiger partial charge in [0, 0.05) is 16.7 Å². The molecule has 11 aromatic rings. The van der Waals surface area contributed by atoms with E-state index < -0.39 is 0 Å². The number of nitrogens with zero attached hydrogens (tertiary/aromatic N) is 3. The van der Waals surface area contributed by atoms with Crippen molar-refractivity contribution in [2.24, 2.45) is 0 Å². The molecule has 0 saturated heterocycles. The number of aromatic nitrogens is 3. The summed E-state index contributed by atoms with van der Waals surface area (Å²) in [5.41, 5.74) is 2.89. The van der Waals surface area contributed by atoms with E-state index in [4.69, 9.17) is 15.0 Å². The van der Waals surface area contributed by atoms with E-state index >= 15 is 0 Å². The molecule has 0 atom stereocenters. The summed E-state index contributed by atoms with van der Waals surface area (Å²) in [7, 11) is 0. The molecule has 0 saturated carbocycles. The van der Waals surface area contributed by atoms with Gasteiger partial charge in [0.05, 0.1) is 0 Å². The molecule has 0 radical (unpaired) electrons. The third-order valence-corrected chi connectivity index (χ3v) is 10.7. The van der Waals surface area contributed by atoms with Gasteiger partial charge in [-0.05, 0) is 87.5 Å². The highest BCUT2D eigenvalue weighted by Gasteiger charge is 2.19. The van der Waals surface area contributed by atoms with Gasteiger partial charge in [0.25, 0.3) is 0 Å². The van der Waals surface area contributed by atoms with Crippen molar-refractivity contribution in [3.63, 3.8) is 0 Å². The van der Waals surface area contributed by atoms with Crippen molar-refractivity contribution in [3.8, 4) is 34.2 Å². The molecule has 240 valence electrons. The average Bonchev–Trinajstić information content (AvgIpc) is 3.23. The Bertz CT molecular complexity index is 3200. The first kappa shape index (κ1) is 28.8. The Morgan fingerprint density at radius 1 is 0.231 bits per heavy atom. The quantitative estimate of drug-likeness (QED) is 0.177. The third kappa shape index (κ3) is 4.30. The Kier molecular flexibility index (Phi) is 6.25. The van der Waals surface area contributed by atoms with Crippen LogP contribution in [0.2, 0.25) is 0 Å². The summed E-state index contributed by atoms with van der Waals surface area (Å²) in [4.78, 5) is 15.7. The maximum atomic E-state index is 5.33. The normalized spacial score (nSPS) is 11.8. The van der Waals surface area contributed by atoms with Gasteiger partial charge in [-0.3, -0.25) is 0 Å². The fourth-order valence-electron chi connectivity index (χ4n) is 8.34. The minimum absolute atomic E-state index is 0.649. The lowest BCUT2D eigenvalue weighted by Gasteiger charge is -2.16. The van der Waals surface area contributed by atoms with Gasteiger partial charge in [0.2, 0.25) is 0 Å². The van der Waals surface area contributed by atoms with E-state index in [1.807, 2.05) is 18.2 Å². The van der Waals surface area contributed by atoms with Crippen LogP contribution in [0.5, 0.6) is 0 Å². The van der Waals surface area contributed by atoms with Gasteiger partial charge in [-0.2, -0.15) is 0 Å². The third-order valence-electron chi connectivity index (χ3n) is 10.7. The molecule has 3 nitrogen and oxygen atoms in total. The monoisotopic (exact) mass is 659 g/mol. The average molecular weight is 660 g/mol. The van der Waals surface area contributed by atoms with Crippen molar-refractivity contribution in [2.75, 3.05) is 0 Å². The van der Waals surface area contributed by atoms with E-state index in [0.717, 1.165) is 22.1 Å². The molecule has 0 aliphatic carbocycles. The number of hydrogen-bond donors (Lipinski definition) is 0. The molecule has 10 aromatic carbocycles. The number of benzene rings is 10. The molecule has 0 unspecified atom stereocenters. The molecule has 52 heavy (non-hydrogen) atoms. The molecule has 0 spiro atoms. The summed E-state index contributed by atoms with van der Waals surface area (Å²) in [6, 6.07) is 62.7. The minimum Gasteiger partial charge on any atom is -0.208 e. The van der Waals surface area contributed by atoms with Crippen LogP contribution >= 0.6 is 0 Å². The topological polar surface area (TPSA) is 38.7 Å². The van der Waals surface area contributed by atoms with E-state index in [1.165, 1.54) is 70.0 Å². The second-order valence-corrected chi connectivity index (χ2v) is 13.5. The Hall–Kier alpha value is -6.97. The Morgan fingerprint density at radius 3 is 1.19 bits per heavy atom. The Balaban J connectivity index is 1.23. The van der Waals surface area contributed by atoms with Gasteiger partial charge < -0.3 is 0 Å². The molecular weight excluding hydrogens is 631 g/mol. The molecule has 0 aliphatic rings. The van der Waals surface area contributed by atoms with Crippen molar-refractivity contribution >= 4 is 75.4 Å². The molecular formula is C49H29N3. The van der Waals surface area contributed by atoms with E-state index in [9.17, 15) is 0 Å². The maximum absolute atomic E-state index is 5.33. The van der Waals surface area contributed by atoms with Crippen LogP contribution in [-0.2, 0) is 0 Å². The van der Waals surface area contributed by atoms with Gasteiger partial charge >= 0.3 is 0 Å². The van der Waals surface area contributed by atoms with Crippen LogP contribution in [0, 0.1) is 0 Å². The molecule has 0 N–H and O–H groups in total. The zero-order chi connectivity index (χ0) is 34.2. The second-order valence-electron chi connectivity index (χ2n) is 13.5. The van der Waals surface area contributed by atoms with Crippen molar-refractivity contribution < 1.29 is 0 Å². The largest absolute Gasteiger partial charge is 0.208 e. The van der Waals surface area contributed by atoms with Gasteiger partial charge in [0.1, 0.15) is 0 Å². The maximum Gasteiger partial charge on any atom is 0.164 e. The second kappa shape index (κ2) is 11.3. The lowest BCUT2D eigenvalue weighted by Crippen LogP contribution is -2.01. The molecule has 0 fully saturated rings. The van der Waals surface area contributed by atoms with Crippen LogP contribution in [0.4, 0.5) is 0 Å². The van der Waals surface area contributed by atoms with Crippen LogP contribution < -0.4 is 0 Å². The SMILES string of the molecule is c1ccc(-c2nc(-c3ccc4c5ccccc5c5ccccc5c4c3)nc(-c3cc4c5ccccc5c5ccccc5c4c4ccccc34)n2)cc1. The van der Waals surface area contributed by atoms with Gasteiger partial charge in [-0.25, -0.2) is 15.0 Å². The van der Waals surface area contributed by atoms with Gasteiger partial charge in [0.15, 0.2) is 17.5 Å². The smallest absolute Gasteiger partial charge is 0.164 e. The summed E-state index contributed by atoms with van der Waals surface area (Å²) >= 11 is 0. The first-order valence-corrected chi connectivity index (χ1v) is 17.7. The van der Waals surface area contributed by atoms with Crippen molar-refractivity contribution in [1.82, 2.24) is 15.0 Å². The van der Waals surface area contributed by atoms with E-state index in [-0.39, 0.29) is 0 Å². The minimum atomic E-state index is 0.649. The van der Waals surface area contributed by atoms with Crippen molar-refractivity contribution in [3.05, 3.63) is 176 Å². The van der Waals surface area contributed by atoms with Crippen molar-refractivity contribution in [1.29, 1.82) is 0 Å². The zero-order valence-electron chi connectivity index (χ0n) is 28.1. The first-order chi connectivity index (χ1) is 25.8. The van der Waals surface area contributed by atoms with E-state index in [1.54, 1.807) is 0 Å².